The summed E-state index contributed by atoms with van der Waals surface area (Å²) in [4.78, 5) is 60.0. The van der Waals surface area contributed by atoms with Gasteiger partial charge in [-0.2, -0.15) is 0 Å². The number of hydrogen-bond donors (Lipinski definition) is 6. The van der Waals surface area contributed by atoms with Crippen molar-refractivity contribution in [3.8, 4) is 11.5 Å². The lowest BCUT2D eigenvalue weighted by molar-refractivity contribution is 0.0968. The number of rotatable bonds is 15. The van der Waals surface area contributed by atoms with Crippen LogP contribution in [0.4, 0.5) is 22.7 Å². The van der Waals surface area contributed by atoms with Crippen molar-refractivity contribution in [1.82, 2.24) is 10.6 Å². The average molecular weight is 1100 g/mol. The molecule has 0 unspecified atom stereocenters. The number of carbonyl (C=O) groups excluding carboxylic acids is 4. The van der Waals surface area contributed by atoms with Crippen LogP contribution in [0.25, 0.3) is 12.2 Å². The minimum Gasteiger partial charge on any atom is -0.496 e. The molecule has 15 heteroatoms. The van der Waals surface area contributed by atoms with Crippen LogP contribution >= 0.6 is 12.4 Å². The summed E-state index contributed by atoms with van der Waals surface area (Å²) in [6.45, 7) is 11.5. The van der Waals surface area contributed by atoms with Gasteiger partial charge in [0.25, 0.3) is 23.6 Å². The predicted octanol–water partition coefficient (Wildman–Crippen LogP) is 12.9. The summed E-state index contributed by atoms with van der Waals surface area (Å²) < 4.78 is 10.7. The van der Waals surface area contributed by atoms with Crippen LogP contribution in [0, 0.1) is 41.5 Å². The van der Waals surface area contributed by atoms with E-state index in [2.05, 4.69) is 43.4 Å². The minimum absolute atomic E-state index is 0. The smallest absolute Gasteiger partial charge is 0.258 e. The van der Waals surface area contributed by atoms with Gasteiger partial charge in [-0.05, 0) is 183 Å². The van der Waals surface area contributed by atoms with Crippen LogP contribution in [0.2, 0.25) is 0 Å². The average Bonchev–Trinajstić information content (AvgIpc) is 3.46. The Morgan fingerprint density at radius 3 is 1.23 bits per heavy atom. The van der Waals surface area contributed by atoms with Gasteiger partial charge in [0, 0.05) is 33.6 Å². The number of hydrogen-bond acceptors (Lipinski definition) is 8. The summed E-state index contributed by atoms with van der Waals surface area (Å²) in [5.74, 6) is -0.131. The number of aryl methyl sites for hydroxylation is 6. The number of anilines is 2. The van der Waals surface area contributed by atoms with Crippen LogP contribution in [0.15, 0.2) is 180 Å². The summed E-state index contributed by atoms with van der Waals surface area (Å²) in [7, 11) is 3.13. The Morgan fingerprint density at radius 2 is 0.815 bits per heavy atom. The van der Waals surface area contributed by atoms with Crippen molar-refractivity contribution in [3.05, 3.63) is 248 Å². The molecule has 0 aliphatic carbocycles. The normalized spacial score (nSPS) is 11.1. The highest BCUT2D eigenvalue weighted by atomic mass is 35.5. The second-order valence-electron chi connectivity index (χ2n) is 19.1. The van der Waals surface area contributed by atoms with Gasteiger partial charge in [0.1, 0.15) is 11.5 Å². The van der Waals surface area contributed by atoms with E-state index in [-0.39, 0.29) is 36.1 Å². The van der Waals surface area contributed by atoms with Crippen LogP contribution in [0.1, 0.15) is 97.1 Å². The van der Waals surface area contributed by atoms with Gasteiger partial charge in [-0.1, -0.05) is 109 Å². The Morgan fingerprint density at radius 1 is 0.432 bits per heavy atom. The largest absolute Gasteiger partial charge is 0.496 e. The fourth-order valence-corrected chi connectivity index (χ4v) is 8.33. The summed E-state index contributed by atoms with van der Waals surface area (Å²) in [5.41, 5.74) is 26.2. The first-order chi connectivity index (χ1) is 38.5. The summed E-state index contributed by atoms with van der Waals surface area (Å²) >= 11 is 0. The van der Waals surface area contributed by atoms with E-state index in [4.69, 9.17) is 20.9 Å². The van der Waals surface area contributed by atoms with E-state index in [1.54, 1.807) is 74.9 Å². The second-order valence-corrected chi connectivity index (χ2v) is 19.1. The number of benzene rings is 8. The van der Waals surface area contributed by atoms with Crippen molar-refractivity contribution in [2.24, 2.45) is 21.5 Å². The fourth-order valence-electron chi connectivity index (χ4n) is 8.33. The fraction of sp³-hybridized carbons (Fsp3) is 0.152. The molecular weight excluding hydrogens is 1040 g/mol. The number of aliphatic imine (C=N–C) groups is 2. The number of nitrogens with zero attached hydrogens (tertiary/aromatic N) is 2. The van der Waals surface area contributed by atoms with Gasteiger partial charge < -0.3 is 31.6 Å². The van der Waals surface area contributed by atoms with Gasteiger partial charge >= 0.3 is 0 Å². The second kappa shape index (κ2) is 28.7. The van der Waals surface area contributed by atoms with Crippen molar-refractivity contribution in [1.29, 1.82) is 0 Å². The number of ether oxygens (including phenoxy) is 2. The first kappa shape index (κ1) is 60.4. The topological polar surface area (TPSA) is 212 Å². The molecule has 14 nitrogen and oxygen atoms in total. The lowest BCUT2D eigenvalue weighted by Crippen LogP contribution is -2.36. The van der Waals surface area contributed by atoms with Crippen molar-refractivity contribution < 1.29 is 28.7 Å². The molecule has 0 bridgehead atoms. The Balaban J connectivity index is 0.000000258. The van der Waals surface area contributed by atoms with E-state index in [9.17, 15) is 19.2 Å². The molecule has 8 aromatic carbocycles. The van der Waals surface area contributed by atoms with Gasteiger partial charge in [-0.3, -0.25) is 29.8 Å². The Kier molecular flexibility index (Phi) is 21.4. The van der Waals surface area contributed by atoms with Gasteiger partial charge in [-0.15, -0.1) is 12.4 Å². The van der Waals surface area contributed by atoms with Gasteiger partial charge in [-0.25, -0.2) is 9.98 Å². The molecule has 0 aromatic heterocycles. The number of halogens is 1. The maximum Gasteiger partial charge on any atom is 0.258 e. The molecule has 0 spiro atoms. The number of nitrogens with one attached hydrogen (secondary N) is 4. The molecule has 0 radical (unpaired) electrons. The highest BCUT2D eigenvalue weighted by molar-refractivity contribution is 6.08. The van der Waals surface area contributed by atoms with Gasteiger partial charge in [0.15, 0.2) is 0 Å². The number of methoxy groups -OCH3 is 2. The third-order valence-corrected chi connectivity index (χ3v) is 13.3. The van der Waals surface area contributed by atoms with Crippen molar-refractivity contribution in [3.63, 3.8) is 0 Å². The third-order valence-electron chi connectivity index (χ3n) is 13.3. The number of nitrogens with two attached hydrogens (primary N) is 2. The van der Waals surface area contributed by atoms with E-state index >= 15 is 0 Å². The van der Waals surface area contributed by atoms with Gasteiger partial charge in [0.05, 0.1) is 25.6 Å². The summed E-state index contributed by atoms with van der Waals surface area (Å²) in [6, 6.07) is 52.9. The quantitative estimate of drug-likeness (QED) is 0.0329. The Hall–Kier alpha value is -9.79. The highest BCUT2D eigenvalue weighted by Gasteiger charge is 2.16. The highest BCUT2D eigenvalue weighted by Crippen LogP contribution is 2.27. The molecule has 8 aromatic rings. The zero-order chi connectivity index (χ0) is 57.3. The van der Waals surface area contributed by atoms with E-state index in [1.165, 1.54) is 11.1 Å². The van der Waals surface area contributed by atoms with Crippen LogP contribution in [0.3, 0.4) is 0 Å². The lowest BCUT2D eigenvalue weighted by atomic mass is 10.0. The lowest BCUT2D eigenvalue weighted by Gasteiger charge is -2.12. The molecule has 414 valence electrons. The van der Waals surface area contributed by atoms with Crippen molar-refractivity contribution >= 4 is 82.9 Å². The summed E-state index contributed by atoms with van der Waals surface area (Å²) in [6.07, 6.45) is 5.88. The Bertz CT molecular complexity index is 3620. The minimum atomic E-state index is -0.398. The molecule has 0 aliphatic rings. The third kappa shape index (κ3) is 17.1. The summed E-state index contributed by atoms with van der Waals surface area (Å²) in [5, 5.41) is 11.1. The molecular formula is C66H67ClN8O6. The van der Waals surface area contributed by atoms with E-state index in [0.717, 1.165) is 57.3 Å². The van der Waals surface area contributed by atoms with E-state index in [0.29, 0.717) is 56.5 Å². The maximum absolute atomic E-state index is 13.0. The van der Waals surface area contributed by atoms with Crippen LogP contribution in [0.5, 0.6) is 11.5 Å². The van der Waals surface area contributed by atoms with E-state index < -0.39 is 11.8 Å². The molecule has 0 saturated heterocycles. The molecule has 8 N–H and O–H groups in total. The number of amides is 4. The standard InChI is InChI=1S/C33H34N4O3.C33H32N4O3.ClH/c2*1-21-10-17-28(35-33(34)37-32(39)27-18-22(2)23(3)30(19-27)40-4)20-29(21)36-31(38)26-15-13-25(14-16-26)12-11-24-8-6-5-7-9-24;/h5-10,13-20H,11-12H2,1-4H3,(H,36,38)(H3,34,35,37,39);5-20H,1-4H3,(H,36,38)(H3,34,35,37,39);1H/b;12-11+;. The first-order valence-corrected chi connectivity index (χ1v) is 25.9. The SMILES string of the molecule is COc1cc(C(=O)NC(N)=Nc2ccc(C)c(NC(=O)c3ccc(/C=C/c4ccccc4)cc3)c2)cc(C)c1C.COc1cc(C(=O)NC(N)=Nc2ccc(C)c(NC(=O)c3ccc(CCc4ccccc4)cc3)c2)cc(C)c1C.Cl. The molecule has 0 aliphatic heterocycles. The number of guanidine groups is 2. The Labute approximate surface area is 479 Å². The predicted molar refractivity (Wildman–Crippen MR) is 330 cm³/mol. The number of carbonyl (C=O) groups is 4. The first-order valence-electron chi connectivity index (χ1n) is 25.9. The zero-order valence-electron chi connectivity index (χ0n) is 46.6. The maximum atomic E-state index is 13.0. The molecule has 8 rings (SSSR count). The van der Waals surface area contributed by atoms with Crippen LogP contribution in [-0.4, -0.2) is 49.8 Å². The molecule has 0 heterocycles. The van der Waals surface area contributed by atoms with E-state index in [1.807, 2.05) is 151 Å². The molecule has 0 fully saturated rings. The molecule has 0 saturated carbocycles. The van der Waals surface area contributed by atoms with Gasteiger partial charge in [0.2, 0.25) is 11.9 Å². The van der Waals surface area contributed by atoms with Crippen LogP contribution < -0.4 is 42.2 Å². The molecule has 0 atom stereocenters. The zero-order valence-corrected chi connectivity index (χ0v) is 47.5. The van der Waals surface area contributed by atoms with Crippen molar-refractivity contribution in [2.45, 2.75) is 54.4 Å². The van der Waals surface area contributed by atoms with Crippen molar-refractivity contribution in [2.75, 3.05) is 24.9 Å². The monoisotopic (exact) mass is 1100 g/mol. The van der Waals surface area contributed by atoms with Crippen LogP contribution in [-0.2, 0) is 12.8 Å². The molecule has 81 heavy (non-hydrogen) atoms. The molecule has 4 amide bonds.